The minimum atomic E-state index is -0.620. The molecule has 0 saturated carbocycles. The first-order valence-electron chi connectivity index (χ1n) is 13.3. The van der Waals surface area contributed by atoms with Gasteiger partial charge in [-0.05, 0) is 52.8 Å². The van der Waals surface area contributed by atoms with Gasteiger partial charge in [-0.15, -0.1) is 0 Å². The number of piperidine rings is 1. The summed E-state index contributed by atoms with van der Waals surface area (Å²) in [5.74, 6) is 2.53. The summed E-state index contributed by atoms with van der Waals surface area (Å²) in [6.07, 6.45) is 1.21. The van der Waals surface area contributed by atoms with Crippen molar-refractivity contribution in [2.24, 2.45) is 0 Å². The lowest BCUT2D eigenvalue weighted by molar-refractivity contribution is 0.108. The predicted molar refractivity (Wildman–Crippen MR) is 150 cm³/mol. The molecule has 1 aliphatic rings. The number of urea groups is 1. The number of benzene rings is 1. The number of aryl methyl sites for hydroxylation is 2. The van der Waals surface area contributed by atoms with E-state index in [-0.39, 0.29) is 18.7 Å². The van der Waals surface area contributed by atoms with Crippen molar-refractivity contribution in [2.45, 2.75) is 45.8 Å². The number of nitrogens with zero attached hydrogens (tertiary/aromatic N) is 5. The summed E-state index contributed by atoms with van der Waals surface area (Å²) in [7, 11) is 5.33. The number of hydrogen-bond acceptors (Lipinski definition) is 9. The molecule has 1 fully saturated rings. The van der Waals surface area contributed by atoms with Crippen LogP contribution in [0, 0.1) is 20.8 Å². The Labute approximate surface area is 229 Å². The lowest BCUT2D eigenvalue weighted by Gasteiger charge is -2.35. The van der Waals surface area contributed by atoms with Crippen LogP contribution in [0.2, 0.25) is 0 Å². The second kappa shape index (κ2) is 12.4. The molecule has 1 aromatic carbocycles. The van der Waals surface area contributed by atoms with Gasteiger partial charge in [-0.3, -0.25) is 0 Å². The molecule has 1 aliphatic heterocycles. The van der Waals surface area contributed by atoms with Crippen LogP contribution in [0.25, 0.3) is 22.6 Å². The van der Waals surface area contributed by atoms with Crippen molar-refractivity contribution in [1.29, 1.82) is 0 Å². The van der Waals surface area contributed by atoms with Crippen LogP contribution >= 0.6 is 0 Å². The van der Waals surface area contributed by atoms with E-state index in [2.05, 4.69) is 15.8 Å². The molecule has 4 rings (SSSR count). The number of hydrogen-bond donors (Lipinski definition) is 3. The van der Waals surface area contributed by atoms with E-state index >= 15 is 0 Å². The highest BCUT2D eigenvalue weighted by Gasteiger charge is 2.27. The Morgan fingerprint density at radius 1 is 1.28 bits per heavy atom. The largest absolute Gasteiger partial charge is 0.491 e. The van der Waals surface area contributed by atoms with E-state index in [4.69, 9.17) is 19.2 Å². The van der Waals surface area contributed by atoms with Gasteiger partial charge in [0, 0.05) is 50.9 Å². The SMILES string of the molecule is CNCC(O)COc1cccc(-c2nc(NC3CCCN(C(=O)N(C)C)C3)c(C)c(-c3c(C)noc3C)n2)c1. The minimum Gasteiger partial charge on any atom is -0.491 e. The van der Waals surface area contributed by atoms with Gasteiger partial charge in [0.05, 0.1) is 17.0 Å². The molecule has 0 radical (unpaired) electrons. The highest BCUT2D eigenvalue weighted by Crippen LogP contribution is 2.34. The van der Waals surface area contributed by atoms with Crippen molar-refractivity contribution in [3.05, 3.63) is 41.3 Å². The van der Waals surface area contributed by atoms with E-state index in [9.17, 15) is 9.90 Å². The fourth-order valence-corrected chi connectivity index (χ4v) is 4.81. The van der Waals surface area contributed by atoms with Crippen molar-refractivity contribution in [3.63, 3.8) is 0 Å². The molecule has 2 atom stereocenters. The van der Waals surface area contributed by atoms with Crippen molar-refractivity contribution in [3.8, 4) is 28.4 Å². The summed E-state index contributed by atoms with van der Waals surface area (Å²) in [5.41, 5.74) is 4.00. The molecule has 2 unspecified atom stereocenters. The number of aromatic nitrogens is 3. The normalized spacial score (nSPS) is 16.2. The minimum absolute atomic E-state index is 0.00894. The third-order valence-corrected chi connectivity index (χ3v) is 6.81. The Balaban J connectivity index is 1.69. The van der Waals surface area contributed by atoms with Crippen LogP contribution in [-0.4, -0.2) is 95.6 Å². The number of carbonyl (C=O) groups is 1. The Morgan fingerprint density at radius 2 is 2.08 bits per heavy atom. The molecule has 0 bridgehead atoms. The van der Waals surface area contributed by atoms with Crippen molar-refractivity contribution >= 4 is 11.8 Å². The first kappa shape index (κ1) is 28.3. The number of rotatable bonds is 9. The topological polar surface area (TPSA) is 129 Å². The zero-order chi connectivity index (χ0) is 28.1. The van der Waals surface area contributed by atoms with E-state index < -0.39 is 6.10 Å². The smallest absolute Gasteiger partial charge is 0.319 e. The summed E-state index contributed by atoms with van der Waals surface area (Å²) in [6.45, 7) is 7.70. The lowest BCUT2D eigenvalue weighted by Crippen LogP contribution is -2.48. The van der Waals surface area contributed by atoms with Crippen LogP contribution in [0.4, 0.5) is 10.6 Å². The number of amides is 2. The maximum Gasteiger partial charge on any atom is 0.319 e. The molecule has 2 amide bonds. The summed E-state index contributed by atoms with van der Waals surface area (Å²) >= 11 is 0. The average molecular weight is 538 g/mol. The third kappa shape index (κ3) is 6.66. The molecular weight excluding hydrogens is 498 g/mol. The van der Waals surface area contributed by atoms with Crippen LogP contribution in [-0.2, 0) is 0 Å². The van der Waals surface area contributed by atoms with Gasteiger partial charge in [0.1, 0.15) is 30.0 Å². The monoisotopic (exact) mass is 537 g/mol. The Kier molecular flexibility index (Phi) is 9.03. The molecule has 1 saturated heterocycles. The fourth-order valence-electron chi connectivity index (χ4n) is 4.81. The van der Waals surface area contributed by atoms with Crippen LogP contribution in [0.1, 0.15) is 29.9 Å². The molecule has 0 spiro atoms. The van der Waals surface area contributed by atoms with Crippen molar-refractivity contribution in [2.75, 3.05) is 52.7 Å². The zero-order valence-corrected chi connectivity index (χ0v) is 23.6. The number of aliphatic hydroxyl groups is 1. The zero-order valence-electron chi connectivity index (χ0n) is 23.6. The number of carbonyl (C=O) groups excluding carboxylic acids is 1. The van der Waals surface area contributed by atoms with Gasteiger partial charge in [0.15, 0.2) is 5.82 Å². The molecule has 210 valence electrons. The van der Waals surface area contributed by atoms with Crippen LogP contribution < -0.4 is 15.4 Å². The Morgan fingerprint density at radius 3 is 2.77 bits per heavy atom. The number of likely N-dealkylation sites (N-methyl/N-ethyl adjacent to an activating group) is 1. The number of aliphatic hydroxyl groups excluding tert-OH is 1. The highest BCUT2D eigenvalue weighted by molar-refractivity contribution is 5.75. The van der Waals surface area contributed by atoms with E-state index in [1.165, 1.54) is 0 Å². The second-order valence-corrected chi connectivity index (χ2v) is 10.2. The van der Waals surface area contributed by atoms with E-state index in [0.29, 0.717) is 36.2 Å². The first-order valence-corrected chi connectivity index (χ1v) is 13.3. The molecule has 11 heteroatoms. The van der Waals surface area contributed by atoms with Gasteiger partial charge < -0.3 is 34.8 Å². The first-order chi connectivity index (χ1) is 18.7. The van der Waals surface area contributed by atoms with Gasteiger partial charge in [0.2, 0.25) is 0 Å². The Hall–Kier alpha value is -3.70. The maximum atomic E-state index is 12.6. The van der Waals surface area contributed by atoms with Gasteiger partial charge in [-0.25, -0.2) is 14.8 Å². The van der Waals surface area contributed by atoms with Gasteiger partial charge in [-0.2, -0.15) is 0 Å². The van der Waals surface area contributed by atoms with Crippen LogP contribution in [0.15, 0.2) is 28.8 Å². The summed E-state index contributed by atoms with van der Waals surface area (Å²) < 4.78 is 11.3. The fraction of sp³-hybridized carbons (Fsp3) is 0.500. The molecule has 3 aromatic rings. The van der Waals surface area contributed by atoms with E-state index in [1.807, 2.05) is 49.9 Å². The summed E-state index contributed by atoms with van der Waals surface area (Å²) in [6, 6.07) is 7.58. The van der Waals surface area contributed by atoms with Gasteiger partial charge in [-0.1, -0.05) is 17.3 Å². The second-order valence-electron chi connectivity index (χ2n) is 10.2. The summed E-state index contributed by atoms with van der Waals surface area (Å²) in [5, 5.41) is 20.7. The van der Waals surface area contributed by atoms with Crippen molar-refractivity contribution < 1.29 is 19.2 Å². The Bertz CT molecular complexity index is 1270. The molecule has 3 N–H and O–H groups in total. The molecular formula is C28H39N7O4. The van der Waals surface area contributed by atoms with E-state index in [0.717, 1.165) is 47.5 Å². The molecule has 2 aromatic heterocycles. The van der Waals surface area contributed by atoms with Crippen LogP contribution in [0.3, 0.4) is 0 Å². The third-order valence-electron chi connectivity index (χ3n) is 6.81. The number of likely N-dealkylation sites (tertiary alicyclic amines) is 1. The number of nitrogens with one attached hydrogen (secondary N) is 2. The maximum absolute atomic E-state index is 12.6. The van der Waals surface area contributed by atoms with Crippen LogP contribution in [0.5, 0.6) is 5.75 Å². The molecule has 39 heavy (non-hydrogen) atoms. The van der Waals surface area contributed by atoms with E-state index in [1.54, 1.807) is 26.0 Å². The van der Waals surface area contributed by atoms with Gasteiger partial charge in [0.25, 0.3) is 0 Å². The predicted octanol–water partition coefficient (Wildman–Crippen LogP) is 3.24. The highest BCUT2D eigenvalue weighted by atomic mass is 16.5. The lowest BCUT2D eigenvalue weighted by atomic mass is 10.0. The summed E-state index contributed by atoms with van der Waals surface area (Å²) in [4.78, 5) is 26.0. The average Bonchev–Trinajstić information content (AvgIpc) is 3.26. The number of ether oxygens (including phenoxy) is 1. The quantitative estimate of drug-likeness (QED) is 0.377. The van der Waals surface area contributed by atoms with Crippen molar-refractivity contribution in [1.82, 2.24) is 30.2 Å². The molecule has 3 heterocycles. The molecule has 0 aliphatic carbocycles. The van der Waals surface area contributed by atoms with Gasteiger partial charge >= 0.3 is 6.03 Å². The molecule has 11 nitrogen and oxygen atoms in total. The standard InChI is InChI=1S/C28H39N7O4/c1-17-25(24-18(2)33-39-19(24)3)31-27(20-9-7-11-23(13-20)38-16-22(36)14-29-4)32-26(17)30-21-10-8-12-35(15-21)28(37)34(5)6/h7,9,11,13,21-22,29,36H,8,10,12,14-16H2,1-6H3,(H,30,31,32). The number of anilines is 1.